The Kier molecular flexibility index (Phi) is 12.9. The Morgan fingerprint density at radius 2 is 1.87 bits per heavy atom. The lowest BCUT2D eigenvalue weighted by atomic mass is 10.5. The van der Waals surface area contributed by atoms with Gasteiger partial charge >= 0.3 is 0 Å². The molecular formula is C10H23NO2SSi. The molecule has 0 aliphatic carbocycles. The van der Waals surface area contributed by atoms with Crippen molar-refractivity contribution in [3.63, 3.8) is 0 Å². The average Bonchev–Trinajstić information content (AvgIpc) is 2.24. The predicted molar refractivity (Wildman–Crippen MR) is 68.9 cm³/mol. The van der Waals surface area contributed by atoms with Crippen molar-refractivity contribution in [2.24, 2.45) is 0 Å². The van der Waals surface area contributed by atoms with E-state index in [1.807, 2.05) is 13.8 Å². The summed E-state index contributed by atoms with van der Waals surface area (Å²) in [5.41, 5.74) is 0. The fourth-order valence-electron chi connectivity index (χ4n) is 1.11. The monoisotopic (exact) mass is 249 g/mol. The van der Waals surface area contributed by atoms with Crippen LogP contribution in [0.5, 0.6) is 0 Å². The Bertz CT molecular complexity index is 124. The number of rotatable bonds is 11. The molecule has 0 saturated heterocycles. The van der Waals surface area contributed by atoms with Crippen LogP contribution < -0.4 is 5.32 Å². The first-order valence-corrected chi connectivity index (χ1v) is 7.55. The molecule has 15 heavy (non-hydrogen) atoms. The SMILES string of the molecule is CCOC(OCC)[Si]CCCNCCS. The molecule has 0 aliphatic rings. The van der Waals surface area contributed by atoms with E-state index in [1.165, 1.54) is 12.5 Å². The molecule has 0 saturated carbocycles. The zero-order valence-electron chi connectivity index (χ0n) is 9.79. The number of hydrogen-bond donors (Lipinski definition) is 2. The van der Waals surface area contributed by atoms with E-state index in [4.69, 9.17) is 9.47 Å². The van der Waals surface area contributed by atoms with Gasteiger partial charge in [0.2, 0.25) is 0 Å². The van der Waals surface area contributed by atoms with Gasteiger partial charge in [0, 0.05) is 25.5 Å². The number of thiol groups is 1. The van der Waals surface area contributed by atoms with Crippen LogP contribution in [0.25, 0.3) is 0 Å². The van der Waals surface area contributed by atoms with E-state index in [0.717, 1.165) is 41.6 Å². The summed E-state index contributed by atoms with van der Waals surface area (Å²) in [6.07, 6.45) is 1.18. The molecular weight excluding hydrogens is 226 g/mol. The highest BCUT2D eigenvalue weighted by molar-refractivity contribution is 7.80. The largest absolute Gasteiger partial charge is 0.357 e. The Hall–Kier alpha value is 0.447. The Morgan fingerprint density at radius 3 is 2.40 bits per heavy atom. The normalized spacial score (nSPS) is 11.2. The van der Waals surface area contributed by atoms with Crippen molar-refractivity contribution in [3.05, 3.63) is 0 Å². The second-order valence-electron chi connectivity index (χ2n) is 3.02. The van der Waals surface area contributed by atoms with Crippen molar-refractivity contribution in [1.82, 2.24) is 5.32 Å². The molecule has 0 aromatic heterocycles. The van der Waals surface area contributed by atoms with Crippen molar-refractivity contribution in [2.45, 2.75) is 32.2 Å². The fourth-order valence-corrected chi connectivity index (χ4v) is 2.45. The molecule has 0 unspecified atom stereocenters. The van der Waals surface area contributed by atoms with Gasteiger partial charge in [-0.15, -0.1) is 0 Å². The zero-order chi connectivity index (χ0) is 11.4. The summed E-state index contributed by atoms with van der Waals surface area (Å²) in [7, 11) is 0.745. The van der Waals surface area contributed by atoms with Crippen LogP contribution >= 0.6 is 12.6 Å². The molecule has 0 atom stereocenters. The van der Waals surface area contributed by atoms with Gasteiger partial charge in [0.1, 0.15) is 15.4 Å². The van der Waals surface area contributed by atoms with Crippen LogP contribution in [-0.2, 0) is 9.47 Å². The molecule has 0 rings (SSSR count). The zero-order valence-corrected chi connectivity index (χ0v) is 11.7. The summed E-state index contributed by atoms with van der Waals surface area (Å²) in [4.78, 5) is 0. The van der Waals surface area contributed by atoms with Crippen molar-refractivity contribution in [1.29, 1.82) is 0 Å². The quantitative estimate of drug-likeness (QED) is 0.251. The maximum atomic E-state index is 5.47. The van der Waals surface area contributed by atoms with Gasteiger partial charge in [-0.3, -0.25) is 0 Å². The summed E-state index contributed by atoms with van der Waals surface area (Å²) >= 11 is 4.13. The third-order valence-corrected chi connectivity index (χ3v) is 3.30. The van der Waals surface area contributed by atoms with Gasteiger partial charge in [-0.2, -0.15) is 12.6 Å². The van der Waals surface area contributed by atoms with Gasteiger partial charge in [0.25, 0.3) is 0 Å². The van der Waals surface area contributed by atoms with Crippen LogP contribution in [0, 0.1) is 0 Å². The lowest BCUT2D eigenvalue weighted by Crippen LogP contribution is -2.25. The first-order valence-electron chi connectivity index (χ1n) is 5.63. The van der Waals surface area contributed by atoms with Gasteiger partial charge in [0.15, 0.2) is 0 Å². The Morgan fingerprint density at radius 1 is 1.20 bits per heavy atom. The highest BCUT2D eigenvalue weighted by Gasteiger charge is 2.07. The number of nitrogens with one attached hydrogen (secondary N) is 1. The second-order valence-corrected chi connectivity index (χ2v) is 4.85. The molecule has 0 aromatic rings. The Labute approximate surface area is 102 Å². The third kappa shape index (κ3) is 10.7. The highest BCUT2D eigenvalue weighted by atomic mass is 32.1. The lowest BCUT2D eigenvalue weighted by Gasteiger charge is -2.15. The van der Waals surface area contributed by atoms with E-state index < -0.39 is 0 Å². The molecule has 0 heterocycles. The molecule has 3 nitrogen and oxygen atoms in total. The van der Waals surface area contributed by atoms with E-state index >= 15 is 0 Å². The summed E-state index contributed by atoms with van der Waals surface area (Å²) < 4.78 is 10.9. The molecule has 0 amide bonds. The van der Waals surface area contributed by atoms with Crippen LogP contribution in [0.3, 0.4) is 0 Å². The minimum Gasteiger partial charge on any atom is -0.357 e. The standard InChI is InChI=1S/C10H23NO2SSi/c1-3-12-10(13-4-2)15-9-5-6-11-7-8-14/h10-11,14H,3-9H2,1-2H3. The average molecular weight is 249 g/mol. The molecule has 1 N–H and O–H groups in total. The van der Waals surface area contributed by atoms with E-state index in [2.05, 4.69) is 17.9 Å². The molecule has 0 spiro atoms. The molecule has 2 radical (unpaired) electrons. The van der Waals surface area contributed by atoms with Gasteiger partial charge in [-0.25, -0.2) is 0 Å². The van der Waals surface area contributed by atoms with E-state index in [0.29, 0.717) is 0 Å². The minimum atomic E-state index is 0.0184. The summed E-state index contributed by atoms with van der Waals surface area (Å²) in [6, 6.07) is 1.17. The van der Waals surface area contributed by atoms with E-state index in [9.17, 15) is 0 Å². The molecule has 5 heteroatoms. The number of ether oxygens (including phenoxy) is 2. The maximum absolute atomic E-state index is 5.47. The van der Waals surface area contributed by atoms with Crippen molar-refractivity contribution in [2.75, 3.05) is 32.1 Å². The summed E-state index contributed by atoms with van der Waals surface area (Å²) in [5.74, 6) is 0.924. The second kappa shape index (κ2) is 12.5. The van der Waals surface area contributed by atoms with Crippen LogP contribution in [-0.4, -0.2) is 47.5 Å². The van der Waals surface area contributed by atoms with Crippen molar-refractivity contribution >= 4 is 22.1 Å². The minimum absolute atomic E-state index is 0.0184. The first kappa shape index (κ1) is 15.4. The van der Waals surface area contributed by atoms with Crippen LogP contribution in [0.1, 0.15) is 20.3 Å². The molecule has 0 bridgehead atoms. The lowest BCUT2D eigenvalue weighted by molar-refractivity contribution is -0.0827. The van der Waals surface area contributed by atoms with Crippen molar-refractivity contribution in [3.8, 4) is 0 Å². The third-order valence-electron chi connectivity index (χ3n) is 1.77. The fraction of sp³-hybridized carbons (Fsp3) is 1.00. The van der Waals surface area contributed by atoms with Crippen LogP contribution in [0.15, 0.2) is 0 Å². The molecule has 90 valence electrons. The van der Waals surface area contributed by atoms with Gasteiger partial charge in [-0.05, 0) is 26.8 Å². The maximum Gasteiger partial charge on any atom is 0.137 e. The predicted octanol–water partition coefficient (Wildman–Crippen LogP) is 1.37. The van der Waals surface area contributed by atoms with Gasteiger partial charge in [0.05, 0.1) is 0 Å². The van der Waals surface area contributed by atoms with Gasteiger partial charge < -0.3 is 14.8 Å². The van der Waals surface area contributed by atoms with Crippen molar-refractivity contribution < 1.29 is 9.47 Å². The summed E-state index contributed by atoms with van der Waals surface area (Å²) in [6.45, 7) is 7.53. The van der Waals surface area contributed by atoms with Crippen LogP contribution in [0.4, 0.5) is 0 Å². The molecule has 0 fully saturated rings. The van der Waals surface area contributed by atoms with E-state index in [1.54, 1.807) is 0 Å². The topological polar surface area (TPSA) is 30.5 Å². The molecule has 0 aliphatic heterocycles. The van der Waals surface area contributed by atoms with Crippen LogP contribution in [0.2, 0.25) is 6.04 Å². The smallest absolute Gasteiger partial charge is 0.137 e. The first-order chi connectivity index (χ1) is 7.35. The van der Waals surface area contributed by atoms with Gasteiger partial charge in [-0.1, -0.05) is 6.04 Å². The van der Waals surface area contributed by atoms with E-state index in [-0.39, 0.29) is 5.91 Å². The number of hydrogen-bond acceptors (Lipinski definition) is 4. The highest BCUT2D eigenvalue weighted by Crippen LogP contribution is 1.98. The summed E-state index contributed by atoms with van der Waals surface area (Å²) in [5, 5.41) is 3.32. The molecule has 0 aromatic carbocycles. The Balaban J connectivity index is 3.28.